The van der Waals surface area contributed by atoms with E-state index >= 15 is 0 Å². The molecule has 15 heavy (non-hydrogen) atoms. The van der Waals surface area contributed by atoms with Crippen molar-refractivity contribution >= 4 is 27.8 Å². The summed E-state index contributed by atoms with van der Waals surface area (Å²) in [6, 6.07) is 4.09. The molecule has 2 aromatic heterocycles. The SMILES string of the molecule is O=Cc1cc2ccsc2n1CC1CCC1. The fraction of sp³-hybridized carbons (Fsp3) is 0.417. The number of rotatable bonds is 3. The molecule has 0 bridgehead atoms. The second-order valence-electron chi connectivity index (χ2n) is 4.28. The van der Waals surface area contributed by atoms with Gasteiger partial charge in [-0.15, -0.1) is 11.3 Å². The molecule has 78 valence electrons. The van der Waals surface area contributed by atoms with Crippen LogP contribution in [0.25, 0.3) is 10.2 Å². The monoisotopic (exact) mass is 219 g/mol. The zero-order valence-corrected chi connectivity index (χ0v) is 9.30. The maximum atomic E-state index is 11.0. The number of thiophene rings is 1. The zero-order chi connectivity index (χ0) is 10.3. The Morgan fingerprint density at radius 2 is 2.40 bits per heavy atom. The number of aldehydes is 1. The topological polar surface area (TPSA) is 22.0 Å². The van der Waals surface area contributed by atoms with Crippen LogP contribution in [0.5, 0.6) is 0 Å². The number of carbonyl (C=O) groups excluding carboxylic acids is 1. The van der Waals surface area contributed by atoms with E-state index in [2.05, 4.69) is 16.0 Å². The minimum Gasteiger partial charge on any atom is -0.330 e. The van der Waals surface area contributed by atoms with Gasteiger partial charge in [-0.3, -0.25) is 4.79 Å². The summed E-state index contributed by atoms with van der Waals surface area (Å²) >= 11 is 1.73. The van der Waals surface area contributed by atoms with Gasteiger partial charge in [-0.05, 0) is 36.3 Å². The molecule has 1 fully saturated rings. The molecular formula is C12H13NOS. The standard InChI is InChI=1S/C12H13NOS/c14-8-11-6-10-4-5-15-12(10)13(11)7-9-2-1-3-9/h4-6,8-9H,1-3,7H2. The number of nitrogens with zero attached hydrogens (tertiary/aromatic N) is 1. The Bertz CT molecular complexity index is 493. The highest BCUT2D eigenvalue weighted by Crippen LogP contribution is 2.32. The molecule has 3 heteroatoms. The quantitative estimate of drug-likeness (QED) is 0.726. The smallest absolute Gasteiger partial charge is 0.166 e. The third-order valence-corrected chi connectivity index (χ3v) is 4.27. The van der Waals surface area contributed by atoms with Crippen LogP contribution in [0.2, 0.25) is 0 Å². The lowest BCUT2D eigenvalue weighted by Gasteiger charge is -2.26. The Balaban J connectivity index is 2.03. The summed E-state index contributed by atoms with van der Waals surface area (Å²) in [5, 5.41) is 3.30. The summed E-state index contributed by atoms with van der Waals surface area (Å²) < 4.78 is 2.19. The van der Waals surface area contributed by atoms with E-state index in [1.807, 2.05) is 6.07 Å². The molecule has 2 aromatic rings. The van der Waals surface area contributed by atoms with Gasteiger partial charge in [-0.25, -0.2) is 0 Å². The Kier molecular flexibility index (Phi) is 2.13. The van der Waals surface area contributed by atoms with Gasteiger partial charge >= 0.3 is 0 Å². The van der Waals surface area contributed by atoms with Gasteiger partial charge in [0.25, 0.3) is 0 Å². The first-order valence-corrected chi connectivity index (χ1v) is 6.28. The number of aromatic nitrogens is 1. The molecule has 0 aromatic carbocycles. The van der Waals surface area contributed by atoms with Crippen molar-refractivity contribution in [2.24, 2.45) is 5.92 Å². The van der Waals surface area contributed by atoms with E-state index in [9.17, 15) is 4.79 Å². The number of fused-ring (bicyclic) bond motifs is 1. The second kappa shape index (κ2) is 3.49. The van der Waals surface area contributed by atoms with Crippen LogP contribution in [-0.4, -0.2) is 10.9 Å². The number of hydrogen-bond donors (Lipinski definition) is 0. The van der Waals surface area contributed by atoms with Gasteiger partial charge in [0.1, 0.15) is 4.83 Å². The van der Waals surface area contributed by atoms with Gasteiger partial charge in [-0.2, -0.15) is 0 Å². The molecule has 0 unspecified atom stereocenters. The van der Waals surface area contributed by atoms with Crippen molar-refractivity contribution in [1.82, 2.24) is 4.57 Å². The Hall–Kier alpha value is -1.09. The Labute approximate surface area is 92.5 Å². The maximum absolute atomic E-state index is 11.0. The molecule has 3 rings (SSSR count). The lowest BCUT2D eigenvalue weighted by molar-refractivity contribution is 0.111. The van der Waals surface area contributed by atoms with Crippen molar-refractivity contribution in [3.63, 3.8) is 0 Å². The van der Waals surface area contributed by atoms with E-state index in [1.165, 1.54) is 29.5 Å². The van der Waals surface area contributed by atoms with Crippen LogP contribution in [0.4, 0.5) is 0 Å². The van der Waals surface area contributed by atoms with Gasteiger partial charge < -0.3 is 4.57 Å². The molecule has 1 saturated carbocycles. The average Bonchev–Trinajstić information content (AvgIpc) is 2.71. The molecule has 0 radical (unpaired) electrons. The molecular weight excluding hydrogens is 206 g/mol. The third-order valence-electron chi connectivity index (χ3n) is 3.32. The molecule has 0 aliphatic heterocycles. The molecule has 0 spiro atoms. The van der Waals surface area contributed by atoms with Crippen molar-refractivity contribution in [2.45, 2.75) is 25.8 Å². The number of carbonyl (C=O) groups is 1. The minimum atomic E-state index is 0.793. The molecule has 0 N–H and O–H groups in total. The van der Waals surface area contributed by atoms with Crippen molar-refractivity contribution < 1.29 is 4.79 Å². The Morgan fingerprint density at radius 1 is 1.53 bits per heavy atom. The highest BCUT2D eigenvalue weighted by Gasteiger charge is 2.20. The fourth-order valence-electron chi connectivity index (χ4n) is 2.21. The zero-order valence-electron chi connectivity index (χ0n) is 8.48. The Morgan fingerprint density at radius 3 is 3.07 bits per heavy atom. The van der Waals surface area contributed by atoms with E-state index in [0.717, 1.165) is 24.4 Å². The summed E-state index contributed by atoms with van der Waals surface area (Å²) in [4.78, 5) is 12.2. The van der Waals surface area contributed by atoms with Crippen molar-refractivity contribution in [3.05, 3.63) is 23.2 Å². The highest BCUT2D eigenvalue weighted by atomic mass is 32.1. The summed E-state index contributed by atoms with van der Waals surface area (Å²) in [5.41, 5.74) is 0.837. The van der Waals surface area contributed by atoms with E-state index < -0.39 is 0 Å². The van der Waals surface area contributed by atoms with Crippen molar-refractivity contribution in [3.8, 4) is 0 Å². The van der Waals surface area contributed by atoms with E-state index in [0.29, 0.717) is 0 Å². The molecule has 1 aliphatic carbocycles. The van der Waals surface area contributed by atoms with Gasteiger partial charge in [0.2, 0.25) is 0 Å². The van der Waals surface area contributed by atoms with E-state index in [-0.39, 0.29) is 0 Å². The van der Waals surface area contributed by atoms with Gasteiger partial charge in [0, 0.05) is 11.9 Å². The molecule has 0 amide bonds. The normalized spacial score (nSPS) is 16.8. The van der Waals surface area contributed by atoms with Crippen LogP contribution in [0, 0.1) is 5.92 Å². The second-order valence-corrected chi connectivity index (χ2v) is 5.17. The summed E-state index contributed by atoms with van der Waals surface area (Å²) in [5.74, 6) is 0.793. The summed E-state index contributed by atoms with van der Waals surface area (Å²) in [6.07, 6.45) is 4.98. The summed E-state index contributed by atoms with van der Waals surface area (Å²) in [6.45, 7) is 1.03. The third kappa shape index (κ3) is 1.42. The van der Waals surface area contributed by atoms with Crippen molar-refractivity contribution in [2.75, 3.05) is 0 Å². The van der Waals surface area contributed by atoms with Crippen LogP contribution in [0.1, 0.15) is 29.8 Å². The lowest BCUT2D eigenvalue weighted by atomic mass is 9.85. The van der Waals surface area contributed by atoms with Crippen LogP contribution >= 0.6 is 11.3 Å². The molecule has 2 heterocycles. The van der Waals surface area contributed by atoms with E-state index in [1.54, 1.807) is 11.3 Å². The first kappa shape index (κ1) is 9.16. The van der Waals surface area contributed by atoms with Crippen LogP contribution in [0.15, 0.2) is 17.5 Å². The number of hydrogen-bond acceptors (Lipinski definition) is 2. The minimum absolute atomic E-state index is 0.793. The first-order valence-electron chi connectivity index (χ1n) is 5.40. The fourth-order valence-corrected chi connectivity index (χ4v) is 3.13. The van der Waals surface area contributed by atoms with Crippen molar-refractivity contribution in [1.29, 1.82) is 0 Å². The van der Waals surface area contributed by atoms with Crippen LogP contribution < -0.4 is 0 Å². The maximum Gasteiger partial charge on any atom is 0.166 e. The highest BCUT2D eigenvalue weighted by molar-refractivity contribution is 7.16. The van der Waals surface area contributed by atoms with Gasteiger partial charge in [-0.1, -0.05) is 6.42 Å². The predicted molar refractivity (Wildman–Crippen MR) is 62.5 cm³/mol. The van der Waals surface area contributed by atoms with Crippen LogP contribution in [0.3, 0.4) is 0 Å². The molecule has 2 nitrogen and oxygen atoms in total. The molecule has 0 saturated heterocycles. The average molecular weight is 219 g/mol. The lowest BCUT2D eigenvalue weighted by Crippen LogP contribution is -2.18. The van der Waals surface area contributed by atoms with Gasteiger partial charge in [0.05, 0.1) is 5.69 Å². The predicted octanol–water partition coefficient (Wildman–Crippen LogP) is 3.32. The largest absolute Gasteiger partial charge is 0.330 e. The molecule has 1 aliphatic rings. The summed E-state index contributed by atoms with van der Waals surface area (Å²) in [7, 11) is 0. The van der Waals surface area contributed by atoms with Gasteiger partial charge in [0.15, 0.2) is 6.29 Å². The van der Waals surface area contributed by atoms with Crippen LogP contribution in [-0.2, 0) is 6.54 Å². The first-order chi connectivity index (χ1) is 7.38. The van der Waals surface area contributed by atoms with E-state index in [4.69, 9.17) is 0 Å². The molecule has 0 atom stereocenters.